The molecule has 0 aromatic carbocycles. The molecule has 0 unspecified atom stereocenters. The van der Waals surface area contributed by atoms with Gasteiger partial charge in [0.1, 0.15) is 5.82 Å². The lowest BCUT2D eigenvalue weighted by Gasteiger charge is -2.28. The number of pyridine rings is 1. The zero-order valence-electron chi connectivity index (χ0n) is 13.6. The number of nitrogens with one attached hydrogen (secondary N) is 1. The van der Waals surface area contributed by atoms with Crippen molar-refractivity contribution in [2.45, 2.75) is 39.5 Å². The maximum Gasteiger partial charge on any atom is 0.231 e. The third-order valence-corrected chi connectivity index (χ3v) is 4.99. The lowest BCUT2D eigenvalue weighted by atomic mass is 10.1. The number of nitrogens with zero attached hydrogens (tertiary/aromatic N) is 3. The van der Waals surface area contributed by atoms with Crippen LogP contribution in [0, 0.1) is 13.8 Å². The van der Waals surface area contributed by atoms with Crippen molar-refractivity contribution < 1.29 is 4.79 Å². The van der Waals surface area contributed by atoms with Crippen LogP contribution in [0.3, 0.4) is 0 Å². The summed E-state index contributed by atoms with van der Waals surface area (Å²) in [4.78, 5) is 24.4. The van der Waals surface area contributed by atoms with Gasteiger partial charge >= 0.3 is 0 Å². The number of piperidine rings is 1. The molecule has 6 heteroatoms. The molecular weight excluding hydrogens is 308 g/mol. The summed E-state index contributed by atoms with van der Waals surface area (Å²) in [5.74, 6) is 0.525. The van der Waals surface area contributed by atoms with Crippen LogP contribution < -0.4 is 10.2 Å². The summed E-state index contributed by atoms with van der Waals surface area (Å²) in [7, 11) is 0. The van der Waals surface area contributed by atoms with Gasteiger partial charge in [0.25, 0.3) is 0 Å². The quantitative estimate of drug-likeness (QED) is 0.934. The molecule has 1 aliphatic rings. The van der Waals surface area contributed by atoms with Crippen molar-refractivity contribution in [2.75, 3.05) is 23.3 Å². The standard InChI is InChI=1S/C17H22N4OS/c1-12-15(19-13(2)23-12)10-17(22)20-16-7-6-14(11-18-16)21-8-4-3-5-9-21/h6-7,11H,3-5,8-10H2,1-2H3,(H,18,20,22). The molecular formula is C17H22N4OS. The Kier molecular flexibility index (Phi) is 4.91. The number of anilines is 2. The highest BCUT2D eigenvalue weighted by molar-refractivity contribution is 7.11. The maximum absolute atomic E-state index is 12.1. The van der Waals surface area contributed by atoms with Crippen molar-refractivity contribution in [3.63, 3.8) is 0 Å². The smallest absolute Gasteiger partial charge is 0.231 e. The number of aryl methyl sites for hydroxylation is 2. The van der Waals surface area contributed by atoms with Gasteiger partial charge in [-0.1, -0.05) is 0 Å². The average Bonchev–Trinajstić information content (AvgIpc) is 2.86. The van der Waals surface area contributed by atoms with E-state index >= 15 is 0 Å². The Labute approximate surface area is 140 Å². The van der Waals surface area contributed by atoms with Gasteiger partial charge in [-0.05, 0) is 45.2 Å². The van der Waals surface area contributed by atoms with Gasteiger partial charge in [-0.25, -0.2) is 9.97 Å². The maximum atomic E-state index is 12.1. The minimum absolute atomic E-state index is 0.0726. The average molecular weight is 330 g/mol. The van der Waals surface area contributed by atoms with Crippen molar-refractivity contribution in [2.24, 2.45) is 0 Å². The van der Waals surface area contributed by atoms with Gasteiger partial charge in [-0.3, -0.25) is 4.79 Å². The first kappa shape index (κ1) is 15.9. The first-order valence-electron chi connectivity index (χ1n) is 8.05. The first-order valence-corrected chi connectivity index (χ1v) is 8.87. The molecule has 1 saturated heterocycles. The largest absolute Gasteiger partial charge is 0.370 e. The van der Waals surface area contributed by atoms with E-state index in [1.165, 1.54) is 19.3 Å². The predicted molar refractivity (Wildman–Crippen MR) is 94.2 cm³/mol. The van der Waals surface area contributed by atoms with Crippen LogP contribution in [-0.2, 0) is 11.2 Å². The van der Waals surface area contributed by atoms with Crippen molar-refractivity contribution in [1.82, 2.24) is 9.97 Å². The molecule has 0 atom stereocenters. The molecule has 3 rings (SSSR count). The first-order chi connectivity index (χ1) is 11.1. The van der Waals surface area contributed by atoms with Gasteiger partial charge in [0.2, 0.25) is 5.91 Å². The normalized spacial score (nSPS) is 14.8. The van der Waals surface area contributed by atoms with Crippen molar-refractivity contribution >= 4 is 28.7 Å². The second kappa shape index (κ2) is 7.08. The van der Waals surface area contributed by atoms with E-state index in [1.807, 2.05) is 32.2 Å². The van der Waals surface area contributed by atoms with Crippen LogP contribution in [0.15, 0.2) is 18.3 Å². The summed E-state index contributed by atoms with van der Waals surface area (Å²) < 4.78 is 0. The highest BCUT2D eigenvalue weighted by atomic mass is 32.1. The lowest BCUT2D eigenvalue weighted by molar-refractivity contribution is -0.115. The molecule has 1 N–H and O–H groups in total. The number of hydrogen-bond donors (Lipinski definition) is 1. The molecule has 0 aliphatic carbocycles. The van der Waals surface area contributed by atoms with E-state index in [0.29, 0.717) is 12.2 Å². The van der Waals surface area contributed by atoms with E-state index in [0.717, 1.165) is 34.4 Å². The molecule has 0 saturated carbocycles. The second-order valence-corrected chi connectivity index (χ2v) is 7.32. The molecule has 23 heavy (non-hydrogen) atoms. The van der Waals surface area contributed by atoms with E-state index in [9.17, 15) is 4.79 Å². The summed E-state index contributed by atoms with van der Waals surface area (Å²) in [5, 5.41) is 3.85. The van der Waals surface area contributed by atoms with Crippen molar-refractivity contribution in [1.29, 1.82) is 0 Å². The molecule has 1 aliphatic heterocycles. The van der Waals surface area contributed by atoms with E-state index < -0.39 is 0 Å². The SMILES string of the molecule is Cc1nc(CC(=O)Nc2ccc(N3CCCCC3)cn2)c(C)s1. The van der Waals surface area contributed by atoms with E-state index in [-0.39, 0.29) is 5.91 Å². The molecule has 5 nitrogen and oxygen atoms in total. The van der Waals surface area contributed by atoms with Gasteiger partial charge in [0.05, 0.1) is 29.0 Å². The highest BCUT2D eigenvalue weighted by Crippen LogP contribution is 2.20. The Morgan fingerprint density at radius 3 is 2.65 bits per heavy atom. The van der Waals surface area contributed by atoms with Crippen LogP contribution in [0.25, 0.3) is 0 Å². The van der Waals surface area contributed by atoms with Crippen LogP contribution >= 0.6 is 11.3 Å². The summed E-state index contributed by atoms with van der Waals surface area (Å²) in [6.45, 7) is 6.14. The van der Waals surface area contributed by atoms with E-state index in [2.05, 4.69) is 20.2 Å². The molecule has 0 spiro atoms. The Hall–Kier alpha value is -1.95. The third kappa shape index (κ3) is 4.07. The van der Waals surface area contributed by atoms with E-state index in [4.69, 9.17) is 0 Å². The molecule has 0 radical (unpaired) electrons. The van der Waals surface area contributed by atoms with Gasteiger partial charge in [-0.2, -0.15) is 0 Å². The minimum Gasteiger partial charge on any atom is -0.370 e. The molecule has 2 aromatic rings. The topological polar surface area (TPSA) is 58.1 Å². The number of carbonyl (C=O) groups is 1. The van der Waals surface area contributed by atoms with Crippen LogP contribution in [0.4, 0.5) is 11.5 Å². The fourth-order valence-electron chi connectivity index (χ4n) is 2.87. The van der Waals surface area contributed by atoms with Crippen LogP contribution in [-0.4, -0.2) is 29.0 Å². The van der Waals surface area contributed by atoms with Gasteiger partial charge in [-0.15, -0.1) is 11.3 Å². The number of aromatic nitrogens is 2. The fraction of sp³-hybridized carbons (Fsp3) is 0.471. The second-order valence-electron chi connectivity index (χ2n) is 5.91. The Morgan fingerprint density at radius 1 is 1.26 bits per heavy atom. The molecule has 2 aromatic heterocycles. The summed E-state index contributed by atoms with van der Waals surface area (Å²) in [6.07, 6.45) is 5.94. The van der Waals surface area contributed by atoms with Gasteiger partial charge in [0, 0.05) is 18.0 Å². The van der Waals surface area contributed by atoms with Crippen molar-refractivity contribution in [3.05, 3.63) is 33.9 Å². The number of carbonyl (C=O) groups excluding carboxylic acids is 1. The number of hydrogen-bond acceptors (Lipinski definition) is 5. The molecule has 1 amide bonds. The fourth-order valence-corrected chi connectivity index (χ4v) is 3.71. The molecule has 0 bridgehead atoms. The summed E-state index contributed by atoms with van der Waals surface area (Å²) in [6, 6.07) is 3.91. The van der Waals surface area contributed by atoms with Gasteiger partial charge in [0.15, 0.2) is 0 Å². The number of amides is 1. The zero-order chi connectivity index (χ0) is 16.2. The minimum atomic E-state index is -0.0726. The molecule has 1 fully saturated rings. The van der Waals surface area contributed by atoms with Crippen molar-refractivity contribution in [3.8, 4) is 0 Å². The van der Waals surface area contributed by atoms with Gasteiger partial charge < -0.3 is 10.2 Å². The molecule has 3 heterocycles. The molecule has 122 valence electrons. The number of thiazole rings is 1. The Bertz CT molecular complexity index is 674. The van der Waals surface area contributed by atoms with Crippen LogP contribution in [0.1, 0.15) is 34.8 Å². The number of rotatable bonds is 4. The zero-order valence-corrected chi connectivity index (χ0v) is 14.4. The lowest BCUT2D eigenvalue weighted by Crippen LogP contribution is -2.29. The third-order valence-electron chi connectivity index (χ3n) is 4.06. The highest BCUT2D eigenvalue weighted by Gasteiger charge is 2.13. The summed E-state index contributed by atoms with van der Waals surface area (Å²) >= 11 is 1.62. The summed E-state index contributed by atoms with van der Waals surface area (Å²) in [5.41, 5.74) is 1.99. The van der Waals surface area contributed by atoms with Crippen LogP contribution in [0.2, 0.25) is 0 Å². The van der Waals surface area contributed by atoms with Crippen LogP contribution in [0.5, 0.6) is 0 Å². The monoisotopic (exact) mass is 330 g/mol. The Morgan fingerprint density at radius 2 is 2.04 bits per heavy atom. The Balaban J connectivity index is 1.59. The van der Waals surface area contributed by atoms with E-state index in [1.54, 1.807) is 11.3 Å². The predicted octanol–water partition coefficient (Wildman–Crippen LogP) is 3.33.